The van der Waals surface area contributed by atoms with Gasteiger partial charge in [-0.3, -0.25) is 9.59 Å². The number of benzene rings is 1. The van der Waals surface area contributed by atoms with E-state index in [0.29, 0.717) is 18.7 Å². The maximum Gasteiger partial charge on any atom is 0.243 e. The van der Waals surface area contributed by atoms with E-state index in [-0.39, 0.29) is 24.9 Å². The molecule has 1 aromatic carbocycles. The third kappa shape index (κ3) is 7.38. The van der Waals surface area contributed by atoms with Crippen LogP contribution in [0.3, 0.4) is 0 Å². The summed E-state index contributed by atoms with van der Waals surface area (Å²) in [6.07, 6.45) is 0.309. The predicted molar refractivity (Wildman–Crippen MR) is 73.8 cm³/mol. The molecule has 1 aromatic rings. The Morgan fingerprint density at radius 2 is 2.00 bits per heavy atom. The van der Waals surface area contributed by atoms with Crippen LogP contribution in [-0.4, -0.2) is 32.0 Å². The fourth-order valence-electron chi connectivity index (χ4n) is 1.28. The lowest BCUT2D eigenvalue weighted by atomic mass is 10.3. The Morgan fingerprint density at radius 1 is 1.26 bits per heavy atom. The highest BCUT2D eigenvalue weighted by atomic mass is 35.5. The van der Waals surface area contributed by atoms with E-state index in [1.165, 1.54) is 18.2 Å². The zero-order chi connectivity index (χ0) is 13.4. The van der Waals surface area contributed by atoms with Crippen LogP contribution < -0.4 is 16.0 Å². The molecule has 5 nitrogen and oxygen atoms in total. The molecule has 0 heterocycles. The van der Waals surface area contributed by atoms with Crippen molar-refractivity contribution in [2.24, 2.45) is 0 Å². The standard InChI is InChI=1S/C12H16FN3O2.ClH/c1-14-6-5-11(17)15-8-12(18)16-10-4-2-3-9(13)7-10;/h2-4,7,14H,5-6,8H2,1H3,(H,15,17)(H,16,18);1H. The van der Waals surface area contributed by atoms with E-state index in [2.05, 4.69) is 16.0 Å². The lowest BCUT2D eigenvalue weighted by Gasteiger charge is -2.06. The Hall–Kier alpha value is -1.66. The molecule has 1 rings (SSSR count). The van der Waals surface area contributed by atoms with Gasteiger partial charge in [-0.2, -0.15) is 0 Å². The minimum absolute atomic E-state index is 0. The predicted octanol–water partition coefficient (Wildman–Crippen LogP) is 0.912. The van der Waals surface area contributed by atoms with E-state index in [1.807, 2.05) is 0 Å². The molecule has 106 valence electrons. The lowest BCUT2D eigenvalue weighted by molar-refractivity contribution is -0.124. The quantitative estimate of drug-likeness (QED) is 0.729. The molecule has 0 atom stereocenters. The third-order valence-electron chi connectivity index (χ3n) is 2.16. The van der Waals surface area contributed by atoms with E-state index in [4.69, 9.17) is 0 Å². The molecule has 0 unspecified atom stereocenters. The van der Waals surface area contributed by atoms with E-state index in [1.54, 1.807) is 13.1 Å². The van der Waals surface area contributed by atoms with Gasteiger partial charge in [0.2, 0.25) is 11.8 Å². The molecule has 0 aromatic heterocycles. The van der Waals surface area contributed by atoms with E-state index in [0.717, 1.165) is 0 Å². The van der Waals surface area contributed by atoms with Crippen LogP contribution in [0.4, 0.5) is 10.1 Å². The number of amides is 2. The second kappa shape index (κ2) is 9.29. The molecule has 0 aliphatic carbocycles. The Bertz CT molecular complexity index is 429. The van der Waals surface area contributed by atoms with Gasteiger partial charge in [-0.15, -0.1) is 12.4 Å². The highest BCUT2D eigenvalue weighted by Crippen LogP contribution is 2.08. The molecule has 0 radical (unpaired) electrons. The summed E-state index contributed by atoms with van der Waals surface area (Å²) in [4.78, 5) is 22.7. The van der Waals surface area contributed by atoms with Crippen molar-refractivity contribution in [2.75, 3.05) is 25.5 Å². The monoisotopic (exact) mass is 289 g/mol. The molecule has 0 saturated carbocycles. The van der Waals surface area contributed by atoms with Crippen molar-refractivity contribution in [1.82, 2.24) is 10.6 Å². The van der Waals surface area contributed by atoms with Gasteiger partial charge in [0, 0.05) is 18.7 Å². The van der Waals surface area contributed by atoms with Crippen molar-refractivity contribution >= 4 is 29.9 Å². The topological polar surface area (TPSA) is 70.2 Å². The van der Waals surface area contributed by atoms with Gasteiger partial charge >= 0.3 is 0 Å². The molecule has 19 heavy (non-hydrogen) atoms. The van der Waals surface area contributed by atoms with Crippen molar-refractivity contribution in [3.05, 3.63) is 30.1 Å². The summed E-state index contributed by atoms with van der Waals surface area (Å²) in [5, 5.41) is 7.78. The first-order valence-corrected chi connectivity index (χ1v) is 5.58. The normalized spacial score (nSPS) is 9.37. The van der Waals surface area contributed by atoms with Crippen LogP contribution in [0.2, 0.25) is 0 Å². The molecular weight excluding hydrogens is 273 g/mol. The summed E-state index contributed by atoms with van der Waals surface area (Å²) in [5.41, 5.74) is 0.365. The van der Waals surface area contributed by atoms with Crippen LogP contribution in [0.25, 0.3) is 0 Å². The first kappa shape index (κ1) is 17.3. The zero-order valence-electron chi connectivity index (χ0n) is 10.5. The number of hydrogen-bond donors (Lipinski definition) is 3. The van der Waals surface area contributed by atoms with Crippen LogP contribution in [0.5, 0.6) is 0 Å². The second-order valence-electron chi connectivity index (χ2n) is 3.69. The molecule has 7 heteroatoms. The van der Waals surface area contributed by atoms with Crippen LogP contribution in [0.15, 0.2) is 24.3 Å². The summed E-state index contributed by atoms with van der Waals surface area (Å²) < 4.78 is 12.8. The summed E-state index contributed by atoms with van der Waals surface area (Å²) in [6.45, 7) is 0.427. The van der Waals surface area contributed by atoms with Gasteiger partial charge in [-0.05, 0) is 25.2 Å². The molecule has 0 aliphatic heterocycles. The number of carbonyl (C=O) groups excluding carboxylic acids is 2. The number of halogens is 2. The molecule has 0 fully saturated rings. The fraction of sp³-hybridized carbons (Fsp3) is 0.333. The molecule has 2 amide bonds. The fourth-order valence-corrected chi connectivity index (χ4v) is 1.28. The average molecular weight is 290 g/mol. The smallest absolute Gasteiger partial charge is 0.243 e. The number of anilines is 1. The highest BCUT2D eigenvalue weighted by molar-refractivity contribution is 5.94. The van der Waals surface area contributed by atoms with Crippen molar-refractivity contribution in [1.29, 1.82) is 0 Å². The summed E-state index contributed by atoms with van der Waals surface area (Å²) in [6, 6.07) is 5.57. The maximum atomic E-state index is 12.8. The van der Waals surface area contributed by atoms with E-state index < -0.39 is 11.7 Å². The maximum absolute atomic E-state index is 12.8. The van der Waals surface area contributed by atoms with Gasteiger partial charge in [0.15, 0.2) is 0 Å². The average Bonchev–Trinajstić information content (AvgIpc) is 2.34. The minimum atomic E-state index is -0.425. The van der Waals surface area contributed by atoms with E-state index in [9.17, 15) is 14.0 Å². The third-order valence-corrected chi connectivity index (χ3v) is 2.16. The van der Waals surface area contributed by atoms with Gasteiger partial charge < -0.3 is 16.0 Å². The van der Waals surface area contributed by atoms with Gasteiger partial charge in [0.05, 0.1) is 6.54 Å². The van der Waals surface area contributed by atoms with Gasteiger partial charge in [-0.25, -0.2) is 4.39 Å². The molecule has 0 spiro atoms. The highest BCUT2D eigenvalue weighted by Gasteiger charge is 2.05. The second-order valence-corrected chi connectivity index (χ2v) is 3.69. The van der Waals surface area contributed by atoms with Crippen molar-refractivity contribution in [2.45, 2.75) is 6.42 Å². The van der Waals surface area contributed by atoms with Gasteiger partial charge in [0.25, 0.3) is 0 Å². The van der Waals surface area contributed by atoms with E-state index >= 15 is 0 Å². The number of rotatable bonds is 6. The SMILES string of the molecule is CNCCC(=O)NCC(=O)Nc1cccc(F)c1.Cl. The van der Waals surface area contributed by atoms with Crippen LogP contribution >= 0.6 is 12.4 Å². The Labute approximate surface area is 117 Å². The van der Waals surface area contributed by atoms with Crippen molar-refractivity contribution in [3.8, 4) is 0 Å². The lowest BCUT2D eigenvalue weighted by Crippen LogP contribution is -2.34. The molecule has 0 saturated heterocycles. The molecular formula is C12H17ClFN3O2. The van der Waals surface area contributed by atoms with Crippen molar-refractivity contribution < 1.29 is 14.0 Å². The number of nitrogens with one attached hydrogen (secondary N) is 3. The van der Waals surface area contributed by atoms with Crippen LogP contribution in [-0.2, 0) is 9.59 Å². The first-order valence-electron chi connectivity index (χ1n) is 5.58. The largest absolute Gasteiger partial charge is 0.347 e. The van der Waals surface area contributed by atoms with Crippen LogP contribution in [0.1, 0.15) is 6.42 Å². The zero-order valence-corrected chi connectivity index (χ0v) is 11.3. The van der Waals surface area contributed by atoms with Gasteiger partial charge in [-0.1, -0.05) is 6.07 Å². The molecule has 3 N–H and O–H groups in total. The Kier molecular flexibility index (Phi) is 8.48. The van der Waals surface area contributed by atoms with Crippen LogP contribution in [0, 0.1) is 5.82 Å². The molecule has 0 bridgehead atoms. The number of carbonyl (C=O) groups is 2. The summed E-state index contributed by atoms with van der Waals surface area (Å²) in [5.74, 6) is -1.02. The first-order chi connectivity index (χ1) is 8.61. The Morgan fingerprint density at radius 3 is 2.63 bits per heavy atom. The number of hydrogen-bond acceptors (Lipinski definition) is 3. The minimum Gasteiger partial charge on any atom is -0.347 e. The van der Waals surface area contributed by atoms with Gasteiger partial charge in [0.1, 0.15) is 5.82 Å². The summed E-state index contributed by atoms with van der Waals surface area (Å²) >= 11 is 0. The Balaban J connectivity index is 0.00000324. The molecule has 0 aliphatic rings. The van der Waals surface area contributed by atoms with Crippen molar-refractivity contribution in [3.63, 3.8) is 0 Å². The summed E-state index contributed by atoms with van der Waals surface area (Å²) in [7, 11) is 1.74.